The molecule has 2 saturated heterocycles. The van der Waals surface area contributed by atoms with Crippen molar-refractivity contribution in [3.63, 3.8) is 0 Å². The number of hydrogen-bond donors (Lipinski definition) is 3. The number of anilines is 2. The highest BCUT2D eigenvalue weighted by molar-refractivity contribution is 6.91. The van der Waals surface area contributed by atoms with Crippen LogP contribution >= 0.6 is 0 Å². The van der Waals surface area contributed by atoms with Crippen molar-refractivity contribution in [1.82, 2.24) is 20.3 Å². The van der Waals surface area contributed by atoms with Gasteiger partial charge in [0.25, 0.3) is 5.91 Å². The Balaban J connectivity index is 1.09. The van der Waals surface area contributed by atoms with Crippen LogP contribution in [0.15, 0.2) is 109 Å². The van der Waals surface area contributed by atoms with E-state index in [0.717, 1.165) is 53.2 Å². The highest BCUT2D eigenvalue weighted by Crippen LogP contribution is 2.60. The zero-order valence-corrected chi connectivity index (χ0v) is 34.1. The van der Waals surface area contributed by atoms with Gasteiger partial charge in [-0.2, -0.15) is 0 Å². The molecule has 12 heteroatoms. The van der Waals surface area contributed by atoms with Gasteiger partial charge in [0, 0.05) is 29.9 Å². The van der Waals surface area contributed by atoms with Crippen LogP contribution in [0.5, 0.6) is 5.75 Å². The second-order valence-corrected chi connectivity index (χ2v) is 20.9. The molecule has 6 atom stereocenters. The number of methoxy groups -OCH3 is 1. The molecular formula is C45H52N6O5Si. The Morgan fingerprint density at radius 2 is 1.77 bits per heavy atom. The van der Waals surface area contributed by atoms with Crippen molar-refractivity contribution in [1.29, 1.82) is 0 Å². The molecule has 1 unspecified atom stereocenters. The van der Waals surface area contributed by atoms with Gasteiger partial charge < -0.3 is 30.1 Å². The third-order valence-corrected chi connectivity index (χ3v) is 17.0. The van der Waals surface area contributed by atoms with Crippen molar-refractivity contribution in [3.8, 4) is 5.75 Å². The second-order valence-electron chi connectivity index (χ2n) is 16.2. The molecule has 2 amide bonds. The Labute approximate surface area is 335 Å². The van der Waals surface area contributed by atoms with Crippen LogP contribution in [0.3, 0.4) is 0 Å². The van der Waals surface area contributed by atoms with E-state index in [1.165, 1.54) is 5.19 Å². The lowest BCUT2D eigenvalue weighted by Crippen LogP contribution is -2.51. The zero-order chi connectivity index (χ0) is 39.7. The first kappa shape index (κ1) is 38.7. The third kappa shape index (κ3) is 7.20. The number of nitrogens with one attached hydrogen (secondary N) is 2. The zero-order valence-electron chi connectivity index (χ0n) is 33.1. The Morgan fingerprint density at radius 3 is 2.47 bits per heavy atom. The fourth-order valence-corrected chi connectivity index (χ4v) is 13.7. The second kappa shape index (κ2) is 16.0. The van der Waals surface area contributed by atoms with E-state index >= 15 is 4.79 Å². The quantitative estimate of drug-likeness (QED) is 0.125. The summed E-state index contributed by atoms with van der Waals surface area (Å²) in [5.74, 6) is 0.319. The summed E-state index contributed by atoms with van der Waals surface area (Å²) in [6.45, 7) is 8.67. The number of carbonyl (C=O) groups excluding carboxylic acids is 2. The lowest BCUT2D eigenvalue weighted by atomic mass is 9.82. The molecule has 2 fully saturated rings. The number of para-hydroxylation sites is 1. The number of ether oxygens (including phenoxy) is 2. The number of hydrogen-bond acceptors (Lipinski definition) is 8. The van der Waals surface area contributed by atoms with Crippen LogP contribution in [-0.2, 0) is 33.0 Å². The number of benzene rings is 4. The summed E-state index contributed by atoms with van der Waals surface area (Å²) in [6, 6.07) is 33.9. The molecule has 5 aromatic rings. The van der Waals surface area contributed by atoms with Gasteiger partial charge >= 0.3 is 0 Å². The smallest absolute Gasteiger partial charge is 0.264 e. The van der Waals surface area contributed by atoms with Gasteiger partial charge in [-0.1, -0.05) is 103 Å². The van der Waals surface area contributed by atoms with E-state index in [-0.39, 0.29) is 47.9 Å². The molecule has 57 heavy (non-hydrogen) atoms. The monoisotopic (exact) mass is 784 g/mol. The van der Waals surface area contributed by atoms with E-state index in [2.05, 4.69) is 59.2 Å². The van der Waals surface area contributed by atoms with E-state index in [1.54, 1.807) is 7.11 Å². The molecule has 3 aliphatic heterocycles. The largest absolute Gasteiger partial charge is 0.497 e. The fraction of sp³-hybridized carbons (Fsp3) is 0.378. The molecule has 1 aromatic heterocycles. The van der Waals surface area contributed by atoms with E-state index in [9.17, 15) is 9.90 Å². The average molecular weight is 785 g/mol. The van der Waals surface area contributed by atoms with Gasteiger partial charge in [0.2, 0.25) is 5.91 Å². The summed E-state index contributed by atoms with van der Waals surface area (Å²) in [6.07, 6.45) is 4.13. The summed E-state index contributed by atoms with van der Waals surface area (Å²) in [7, 11) is -0.669. The predicted molar refractivity (Wildman–Crippen MR) is 223 cm³/mol. The summed E-state index contributed by atoms with van der Waals surface area (Å²) < 4.78 is 14.7. The van der Waals surface area contributed by atoms with Crippen molar-refractivity contribution in [2.24, 2.45) is 5.92 Å². The Morgan fingerprint density at radius 1 is 1.04 bits per heavy atom. The van der Waals surface area contributed by atoms with Crippen LogP contribution < -0.4 is 25.5 Å². The Bertz CT molecular complexity index is 2190. The number of aliphatic hydroxyl groups is 1. The van der Waals surface area contributed by atoms with Gasteiger partial charge in [-0.15, -0.1) is 5.10 Å². The van der Waals surface area contributed by atoms with Crippen LogP contribution in [0.1, 0.15) is 54.5 Å². The molecule has 4 heterocycles. The fourth-order valence-electron chi connectivity index (χ4n) is 9.61. The molecule has 296 valence electrons. The molecular weight excluding hydrogens is 733 g/mol. The van der Waals surface area contributed by atoms with Crippen LogP contribution in [0, 0.1) is 5.92 Å². The van der Waals surface area contributed by atoms with Crippen molar-refractivity contribution >= 4 is 36.4 Å². The molecule has 0 saturated carbocycles. The third-order valence-electron chi connectivity index (χ3n) is 12.6. The van der Waals surface area contributed by atoms with E-state index in [4.69, 9.17) is 9.47 Å². The topological polar surface area (TPSA) is 131 Å². The Hall–Kier alpha value is -5.14. The van der Waals surface area contributed by atoms with Crippen molar-refractivity contribution in [2.45, 2.75) is 81.6 Å². The highest BCUT2D eigenvalue weighted by atomic mass is 28.3. The molecule has 3 N–H and O–H groups in total. The highest BCUT2D eigenvalue weighted by Gasteiger charge is 2.66. The Kier molecular flexibility index (Phi) is 10.9. The van der Waals surface area contributed by atoms with Gasteiger partial charge in [0.1, 0.15) is 5.75 Å². The molecule has 11 nitrogen and oxygen atoms in total. The summed E-state index contributed by atoms with van der Waals surface area (Å²) in [5, 5.41) is 26.8. The number of aryl methyl sites for hydroxylation is 1. The van der Waals surface area contributed by atoms with Crippen molar-refractivity contribution < 1.29 is 24.2 Å². The maximum absolute atomic E-state index is 15.2. The lowest BCUT2D eigenvalue weighted by Gasteiger charge is -2.37. The van der Waals surface area contributed by atoms with Crippen LogP contribution in [-0.4, -0.2) is 72.4 Å². The number of rotatable bonds is 13. The molecule has 8 rings (SSSR count). The van der Waals surface area contributed by atoms with E-state index < -0.39 is 13.7 Å². The van der Waals surface area contributed by atoms with Gasteiger partial charge in [-0.3, -0.25) is 14.3 Å². The van der Waals surface area contributed by atoms with Crippen LogP contribution in [0.25, 0.3) is 0 Å². The molecule has 4 aromatic carbocycles. The summed E-state index contributed by atoms with van der Waals surface area (Å²) in [5.41, 5.74) is 4.04. The molecule has 3 aliphatic rings. The van der Waals surface area contributed by atoms with Gasteiger partial charge in [0.15, 0.2) is 5.60 Å². The minimum atomic E-state index is -2.35. The maximum Gasteiger partial charge on any atom is 0.264 e. The molecule has 1 spiro atoms. The van der Waals surface area contributed by atoms with Crippen molar-refractivity contribution in [2.75, 3.05) is 30.5 Å². The predicted octanol–water partition coefficient (Wildman–Crippen LogP) is 5.95. The first-order valence-electron chi connectivity index (χ1n) is 20.1. The first-order valence-corrected chi connectivity index (χ1v) is 23.1. The minimum absolute atomic E-state index is 0.0192. The van der Waals surface area contributed by atoms with Crippen molar-refractivity contribution in [3.05, 3.63) is 132 Å². The number of amides is 2. The van der Waals surface area contributed by atoms with Gasteiger partial charge in [0.05, 0.1) is 57.8 Å². The van der Waals surface area contributed by atoms with E-state index in [0.29, 0.717) is 25.2 Å². The number of aliphatic hydroxyl groups excluding tert-OH is 1. The SMILES string of the molecule is COc1ccc([Si](C)(C)[C@@H]2[C@@H](CCn3cc(C(CO)c4ccccc4)nn3)O[C@]3(C(=O)N(Cc4ccc(NC(=O)[C@H]5CCCN5)cc4)c4ccccc43)[C@H]2C)cc1. The lowest BCUT2D eigenvalue weighted by molar-refractivity contribution is -0.146. The maximum atomic E-state index is 15.2. The van der Waals surface area contributed by atoms with E-state index in [1.807, 2.05) is 101 Å². The van der Waals surface area contributed by atoms with Gasteiger partial charge in [-0.05, 0) is 72.8 Å². The minimum Gasteiger partial charge on any atom is -0.497 e. The number of carbonyl (C=O) groups is 2. The normalized spacial score (nSPS) is 23.5. The standard InChI is InChI=1S/C45H52N6O5Si/c1-30-42(57(3,4)35-22-20-34(55-2)21-23-35)41(24-26-50-28-39(48-49-50)36(29-52)32-11-6-5-7-12-32)56-45(30)37-13-8-9-15-40(37)51(44(45)54)27-31-16-18-33(19-17-31)47-43(53)38-14-10-25-46-38/h5-9,11-13,15-23,28,30,36,38,41-42,46,52H,10,14,24-27,29H2,1-4H3,(H,47,53)/t30-,36?,38+,41+,42-,45+/m0/s1. The molecule has 0 radical (unpaired) electrons. The molecule has 0 bridgehead atoms. The number of aromatic nitrogens is 3. The number of nitrogens with zero attached hydrogens (tertiary/aromatic N) is 4. The number of fused-ring (bicyclic) bond motifs is 2. The molecule has 0 aliphatic carbocycles. The van der Waals surface area contributed by atoms with Crippen LogP contribution in [0.2, 0.25) is 18.6 Å². The summed E-state index contributed by atoms with van der Waals surface area (Å²) in [4.78, 5) is 29.8. The van der Waals surface area contributed by atoms with Crippen LogP contribution in [0.4, 0.5) is 11.4 Å². The first-order chi connectivity index (χ1) is 27.6. The van der Waals surface area contributed by atoms with Gasteiger partial charge in [-0.25, -0.2) is 0 Å². The summed E-state index contributed by atoms with van der Waals surface area (Å²) >= 11 is 0. The average Bonchev–Trinajstić information content (AvgIpc) is 4.04.